The molecule has 0 spiro atoms. The Labute approximate surface area is 128 Å². The maximum absolute atomic E-state index is 12.7. The van der Waals surface area contributed by atoms with E-state index in [2.05, 4.69) is 13.8 Å². The molecule has 2 rings (SSSR count). The topological polar surface area (TPSA) is 63.4 Å². The zero-order chi connectivity index (χ0) is 15.7. The second kappa shape index (κ2) is 6.07. The third kappa shape index (κ3) is 3.15. The van der Waals surface area contributed by atoms with Gasteiger partial charge in [0.05, 0.1) is 4.90 Å². The van der Waals surface area contributed by atoms with Gasteiger partial charge in [-0.3, -0.25) is 0 Å². The lowest BCUT2D eigenvalue weighted by molar-refractivity contribution is 0.279. The smallest absolute Gasteiger partial charge is 0.243 e. The number of nitrogens with zero attached hydrogens (tertiary/aromatic N) is 1. The van der Waals surface area contributed by atoms with Crippen molar-refractivity contribution >= 4 is 10.0 Å². The van der Waals surface area contributed by atoms with Gasteiger partial charge in [-0.05, 0) is 49.3 Å². The third-order valence-corrected chi connectivity index (χ3v) is 6.81. The van der Waals surface area contributed by atoms with Crippen LogP contribution in [0.3, 0.4) is 0 Å². The Morgan fingerprint density at radius 2 is 1.81 bits per heavy atom. The molecule has 5 heteroatoms. The molecule has 0 aliphatic carbocycles. The Morgan fingerprint density at radius 1 is 1.24 bits per heavy atom. The maximum atomic E-state index is 12.7. The van der Waals surface area contributed by atoms with Gasteiger partial charge >= 0.3 is 0 Å². The van der Waals surface area contributed by atoms with Crippen LogP contribution >= 0.6 is 0 Å². The molecule has 0 saturated carbocycles. The van der Waals surface area contributed by atoms with Gasteiger partial charge in [-0.25, -0.2) is 8.42 Å². The molecular weight excluding hydrogens is 284 g/mol. The van der Waals surface area contributed by atoms with Crippen molar-refractivity contribution in [3.8, 4) is 0 Å². The van der Waals surface area contributed by atoms with Crippen LogP contribution in [-0.4, -0.2) is 25.8 Å². The molecule has 1 aliphatic rings. The highest BCUT2D eigenvalue weighted by atomic mass is 32.2. The lowest BCUT2D eigenvalue weighted by Crippen LogP contribution is -2.31. The molecule has 1 aliphatic heterocycles. The standard InChI is InChI=1S/C16H26N2O2S/c1-4-16(5-2)10-11-18(12-16)21(19,20)15-8-6-14(7-9-15)13(3)17/h6-9,13H,4-5,10-12,17H2,1-3H3. The van der Waals surface area contributed by atoms with Gasteiger partial charge in [-0.15, -0.1) is 0 Å². The first-order valence-corrected chi connectivity index (χ1v) is 9.14. The quantitative estimate of drug-likeness (QED) is 0.909. The third-order valence-electron chi connectivity index (χ3n) is 4.95. The summed E-state index contributed by atoms with van der Waals surface area (Å²) in [5.41, 5.74) is 6.91. The van der Waals surface area contributed by atoms with E-state index in [-0.39, 0.29) is 11.5 Å². The van der Waals surface area contributed by atoms with Gasteiger partial charge in [-0.1, -0.05) is 26.0 Å². The minimum Gasteiger partial charge on any atom is -0.324 e. The second-order valence-electron chi connectivity index (χ2n) is 6.15. The largest absolute Gasteiger partial charge is 0.324 e. The Bertz CT molecular complexity index is 575. The van der Waals surface area contributed by atoms with E-state index in [4.69, 9.17) is 5.73 Å². The lowest BCUT2D eigenvalue weighted by Gasteiger charge is -2.26. The highest BCUT2D eigenvalue weighted by molar-refractivity contribution is 7.89. The summed E-state index contributed by atoms with van der Waals surface area (Å²) in [5.74, 6) is 0. The predicted octanol–water partition coefficient (Wildman–Crippen LogP) is 2.91. The van der Waals surface area contributed by atoms with Crippen molar-refractivity contribution in [1.82, 2.24) is 4.31 Å². The van der Waals surface area contributed by atoms with E-state index in [0.29, 0.717) is 18.0 Å². The summed E-state index contributed by atoms with van der Waals surface area (Å²) >= 11 is 0. The first-order valence-electron chi connectivity index (χ1n) is 7.70. The number of benzene rings is 1. The molecule has 118 valence electrons. The van der Waals surface area contributed by atoms with Gasteiger partial charge in [-0.2, -0.15) is 4.31 Å². The van der Waals surface area contributed by atoms with E-state index in [9.17, 15) is 8.42 Å². The van der Waals surface area contributed by atoms with Crippen molar-refractivity contribution in [1.29, 1.82) is 0 Å². The van der Waals surface area contributed by atoms with E-state index in [0.717, 1.165) is 24.8 Å². The SMILES string of the molecule is CCC1(CC)CCN(S(=O)(=O)c2ccc(C(C)N)cc2)C1. The minimum atomic E-state index is -3.38. The van der Waals surface area contributed by atoms with Crippen molar-refractivity contribution in [2.75, 3.05) is 13.1 Å². The summed E-state index contributed by atoms with van der Waals surface area (Å²) in [4.78, 5) is 0.370. The fourth-order valence-corrected chi connectivity index (χ4v) is 4.57. The van der Waals surface area contributed by atoms with Crippen molar-refractivity contribution in [2.45, 2.75) is 51.0 Å². The molecule has 4 nitrogen and oxygen atoms in total. The first kappa shape index (κ1) is 16.5. The molecule has 0 aromatic heterocycles. The summed E-state index contributed by atoms with van der Waals surface area (Å²) in [6.45, 7) is 7.45. The summed E-state index contributed by atoms with van der Waals surface area (Å²) in [5, 5.41) is 0. The first-order chi connectivity index (χ1) is 9.84. The fourth-order valence-electron chi connectivity index (χ4n) is 3.02. The van der Waals surface area contributed by atoms with Crippen LogP contribution in [-0.2, 0) is 10.0 Å². The normalized spacial score (nSPS) is 20.6. The summed E-state index contributed by atoms with van der Waals surface area (Å²) < 4.78 is 27.1. The molecule has 0 amide bonds. The zero-order valence-electron chi connectivity index (χ0n) is 13.2. The van der Waals surface area contributed by atoms with Gasteiger partial charge < -0.3 is 5.73 Å². The molecule has 1 aromatic rings. The highest BCUT2D eigenvalue weighted by Gasteiger charge is 2.40. The Morgan fingerprint density at radius 3 is 2.24 bits per heavy atom. The van der Waals surface area contributed by atoms with Crippen LogP contribution in [0.5, 0.6) is 0 Å². The van der Waals surface area contributed by atoms with Gasteiger partial charge in [0.25, 0.3) is 0 Å². The Hall–Kier alpha value is -0.910. The van der Waals surface area contributed by atoms with Crippen LogP contribution in [0.15, 0.2) is 29.2 Å². The molecule has 2 N–H and O–H groups in total. The molecule has 0 bridgehead atoms. The monoisotopic (exact) mass is 310 g/mol. The van der Waals surface area contributed by atoms with E-state index < -0.39 is 10.0 Å². The van der Waals surface area contributed by atoms with Crippen molar-refractivity contribution < 1.29 is 8.42 Å². The summed E-state index contributed by atoms with van der Waals surface area (Å²) in [7, 11) is -3.38. The minimum absolute atomic E-state index is 0.0821. The molecule has 1 saturated heterocycles. The summed E-state index contributed by atoms with van der Waals surface area (Å²) in [6, 6.07) is 6.88. The Balaban J connectivity index is 2.23. The number of sulfonamides is 1. The number of rotatable bonds is 5. The summed E-state index contributed by atoms with van der Waals surface area (Å²) in [6.07, 6.45) is 3.01. The molecule has 1 heterocycles. The van der Waals surface area contributed by atoms with E-state index in [1.165, 1.54) is 0 Å². The average Bonchev–Trinajstić information content (AvgIpc) is 2.93. The Kier molecular flexibility index (Phi) is 4.76. The number of hydrogen-bond acceptors (Lipinski definition) is 3. The molecule has 1 aromatic carbocycles. The number of nitrogens with two attached hydrogens (primary N) is 1. The van der Waals surface area contributed by atoms with Gasteiger partial charge in [0.2, 0.25) is 10.0 Å². The highest BCUT2D eigenvalue weighted by Crippen LogP contribution is 2.39. The van der Waals surface area contributed by atoms with Crippen LogP contribution in [0, 0.1) is 5.41 Å². The van der Waals surface area contributed by atoms with Gasteiger partial charge in [0.15, 0.2) is 0 Å². The number of hydrogen-bond donors (Lipinski definition) is 1. The van der Waals surface area contributed by atoms with Crippen LogP contribution in [0.4, 0.5) is 0 Å². The van der Waals surface area contributed by atoms with Crippen LogP contribution in [0.25, 0.3) is 0 Å². The van der Waals surface area contributed by atoms with Crippen LogP contribution in [0.1, 0.15) is 51.6 Å². The molecule has 1 unspecified atom stereocenters. The van der Waals surface area contributed by atoms with Crippen molar-refractivity contribution in [2.24, 2.45) is 11.1 Å². The average molecular weight is 310 g/mol. The van der Waals surface area contributed by atoms with Crippen molar-refractivity contribution in [3.63, 3.8) is 0 Å². The van der Waals surface area contributed by atoms with Crippen molar-refractivity contribution in [3.05, 3.63) is 29.8 Å². The zero-order valence-corrected chi connectivity index (χ0v) is 14.0. The molecule has 0 radical (unpaired) electrons. The molecule has 1 fully saturated rings. The van der Waals surface area contributed by atoms with E-state index in [1.54, 1.807) is 28.6 Å². The van der Waals surface area contributed by atoms with E-state index >= 15 is 0 Å². The molecule has 21 heavy (non-hydrogen) atoms. The van der Waals surface area contributed by atoms with E-state index in [1.807, 2.05) is 6.92 Å². The molecule has 1 atom stereocenters. The molecular formula is C16H26N2O2S. The van der Waals surface area contributed by atoms with Crippen LogP contribution < -0.4 is 5.73 Å². The van der Waals surface area contributed by atoms with Gasteiger partial charge in [0.1, 0.15) is 0 Å². The predicted molar refractivity (Wildman–Crippen MR) is 85.4 cm³/mol. The lowest BCUT2D eigenvalue weighted by atomic mass is 9.82. The van der Waals surface area contributed by atoms with Crippen LogP contribution in [0.2, 0.25) is 0 Å². The maximum Gasteiger partial charge on any atom is 0.243 e. The second-order valence-corrected chi connectivity index (χ2v) is 8.09. The van der Waals surface area contributed by atoms with Gasteiger partial charge in [0, 0.05) is 19.1 Å². The fraction of sp³-hybridized carbons (Fsp3) is 0.625.